The van der Waals surface area contributed by atoms with Gasteiger partial charge in [-0.05, 0) is 37.1 Å². The molecule has 1 aromatic carbocycles. The SMILES string of the molecule is COc1ccc(C(=O)N(C)CCCCCBr)cc1. The molecule has 1 amide bonds. The molecule has 0 radical (unpaired) electrons. The van der Waals surface area contributed by atoms with Crippen molar-refractivity contribution in [1.82, 2.24) is 4.90 Å². The van der Waals surface area contributed by atoms with Crippen molar-refractivity contribution >= 4 is 21.8 Å². The highest BCUT2D eigenvalue weighted by Crippen LogP contribution is 2.13. The van der Waals surface area contributed by atoms with Crippen LogP contribution >= 0.6 is 15.9 Å². The lowest BCUT2D eigenvalue weighted by atomic mass is 10.2. The highest BCUT2D eigenvalue weighted by atomic mass is 79.9. The second kappa shape index (κ2) is 8.14. The first-order valence-corrected chi connectivity index (χ1v) is 7.26. The number of amides is 1. The Morgan fingerprint density at radius 2 is 1.89 bits per heavy atom. The average molecular weight is 314 g/mol. The second-order valence-corrected chi connectivity index (χ2v) is 5.00. The summed E-state index contributed by atoms with van der Waals surface area (Å²) in [6, 6.07) is 7.23. The molecular weight excluding hydrogens is 294 g/mol. The van der Waals surface area contributed by atoms with Crippen molar-refractivity contribution in [2.75, 3.05) is 26.0 Å². The van der Waals surface area contributed by atoms with Crippen molar-refractivity contribution in [1.29, 1.82) is 0 Å². The summed E-state index contributed by atoms with van der Waals surface area (Å²) in [6.07, 6.45) is 3.35. The Balaban J connectivity index is 2.46. The van der Waals surface area contributed by atoms with Crippen LogP contribution in [0.5, 0.6) is 5.75 Å². The minimum Gasteiger partial charge on any atom is -0.497 e. The Morgan fingerprint density at radius 3 is 2.44 bits per heavy atom. The lowest BCUT2D eigenvalue weighted by molar-refractivity contribution is 0.0792. The fourth-order valence-corrected chi connectivity index (χ4v) is 2.07. The zero-order chi connectivity index (χ0) is 13.4. The molecule has 4 heteroatoms. The van der Waals surface area contributed by atoms with Crippen molar-refractivity contribution < 1.29 is 9.53 Å². The third-order valence-electron chi connectivity index (χ3n) is 2.81. The van der Waals surface area contributed by atoms with Crippen LogP contribution in [0.15, 0.2) is 24.3 Å². The molecule has 0 atom stereocenters. The van der Waals surface area contributed by atoms with Crippen LogP contribution in [0, 0.1) is 0 Å². The maximum absolute atomic E-state index is 12.1. The highest BCUT2D eigenvalue weighted by Gasteiger charge is 2.10. The van der Waals surface area contributed by atoms with Gasteiger partial charge in [0.1, 0.15) is 5.75 Å². The predicted octanol–water partition coefficient (Wildman–Crippen LogP) is 3.33. The molecule has 18 heavy (non-hydrogen) atoms. The number of carbonyl (C=O) groups is 1. The smallest absolute Gasteiger partial charge is 0.253 e. The lowest BCUT2D eigenvalue weighted by Crippen LogP contribution is -2.27. The number of hydrogen-bond donors (Lipinski definition) is 0. The summed E-state index contributed by atoms with van der Waals surface area (Å²) in [5.74, 6) is 0.836. The minimum absolute atomic E-state index is 0.0662. The molecule has 0 unspecified atom stereocenters. The van der Waals surface area contributed by atoms with E-state index < -0.39 is 0 Å². The van der Waals surface area contributed by atoms with E-state index in [-0.39, 0.29) is 5.91 Å². The molecule has 3 nitrogen and oxygen atoms in total. The molecule has 0 saturated heterocycles. The maximum Gasteiger partial charge on any atom is 0.253 e. The zero-order valence-corrected chi connectivity index (χ0v) is 12.6. The van der Waals surface area contributed by atoms with E-state index in [1.807, 2.05) is 19.2 Å². The number of carbonyl (C=O) groups excluding carboxylic acids is 1. The van der Waals surface area contributed by atoms with Crippen LogP contribution in [-0.4, -0.2) is 36.8 Å². The van der Waals surface area contributed by atoms with Gasteiger partial charge in [-0.1, -0.05) is 22.4 Å². The molecule has 0 bridgehead atoms. The Kier molecular flexibility index (Phi) is 6.80. The molecule has 0 aliphatic heterocycles. The van der Waals surface area contributed by atoms with Crippen molar-refractivity contribution in [3.63, 3.8) is 0 Å². The summed E-state index contributed by atoms with van der Waals surface area (Å²) in [4.78, 5) is 13.9. The van der Waals surface area contributed by atoms with Crippen LogP contribution < -0.4 is 4.74 Å². The van der Waals surface area contributed by atoms with Crippen LogP contribution in [0.4, 0.5) is 0 Å². The van der Waals surface area contributed by atoms with Gasteiger partial charge in [0.2, 0.25) is 0 Å². The van der Waals surface area contributed by atoms with Crippen molar-refractivity contribution in [3.8, 4) is 5.75 Å². The lowest BCUT2D eigenvalue weighted by Gasteiger charge is -2.17. The number of hydrogen-bond acceptors (Lipinski definition) is 2. The van der Waals surface area contributed by atoms with Gasteiger partial charge in [-0.2, -0.15) is 0 Å². The summed E-state index contributed by atoms with van der Waals surface area (Å²) < 4.78 is 5.07. The van der Waals surface area contributed by atoms with Crippen molar-refractivity contribution in [2.45, 2.75) is 19.3 Å². The van der Waals surface area contributed by atoms with E-state index in [2.05, 4.69) is 15.9 Å². The first-order chi connectivity index (χ1) is 8.69. The first-order valence-electron chi connectivity index (χ1n) is 6.14. The second-order valence-electron chi connectivity index (χ2n) is 4.20. The third kappa shape index (κ3) is 4.69. The molecule has 0 fully saturated rings. The number of ether oxygens (including phenoxy) is 1. The summed E-state index contributed by atoms with van der Waals surface area (Å²) in [6.45, 7) is 0.803. The molecule has 0 saturated carbocycles. The van der Waals surface area contributed by atoms with Crippen LogP contribution in [0.25, 0.3) is 0 Å². The number of halogens is 1. The van der Waals surface area contributed by atoms with Crippen LogP contribution in [0.3, 0.4) is 0 Å². The molecular formula is C14H20BrNO2. The van der Waals surface area contributed by atoms with E-state index in [1.165, 1.54) is 0 Å². The monoisotopic (exact) mass is 313 g/mol. The van der Waals surface area contributed by atoms with Gasteiger partial charge in [0.05, 0.1) is 7.11 Å². The Bertz CT molecular complexity index is 365. The molecule has 0 N–H and O–H groups in total. The number of alkyl halides is 1. The van der Waals surface area contributed by atoms with Gasteiger partial charge in [0, 0.05) is 24.5 Å². The summed E-state index contributed by atoms with van der Waals surface area (Å²) in [5, 5.41) is 1.03. The number of rotatable bonds is 7. The van der Waals surface area contributed by atoms with E-state index in [9.17, 15) is 4.79 Å². The summed E-state index contributed by atoms with van der Waals surface area (Å²) in [5.41, 5.74) is 0.707. The Hall–Kier alpha value is -1.03. The largest absolute Gasteiger partial charge is 0.497 e. The van der Waals surface area contributed by atoms with Crippen LogP contribution in [-0.2, 0) is 0 Å². The van der Waals surface area contributed by atoms with Crippen molar-refractivity contribution in [2.24, 2.45) is 0 Å². The number of benzene rings is 1. The van der Waals surface area contributed by atoms with Gasteiger partial charge in [-0.15, -0.1) is 0 Å². The van der Waals surface area contributed by atoms with E-state index in [1.54, 1.807) is 24.1 Å². The molecule has 0 heterocycles. The Morgan fingerprint density at radius 1 is 1.22 bits per heavy atom. The standard InChI is InChI=1S/C14H20BrNO2/c1-16(11-5-3-4-10-15)14(17)12-6-8-13(18-2)9-7-12/h6-9H,3-5,10-11H2,1-2H3. The highest BCUT2D eigenvalue weighted by molar-refractivity contribution is 9.09. The number of unbranched alkanes of at least 4 members (excludes halogenated alkanes) is 2. The van der Waals surface area contributed by atoms with Crippen LogP contribution in [0.1, 0.15) is 29.6 Å². The van der Waals surface area contributed by atoms with Gasteiger partial charge in [-0.25, -0.2) is 0 Å². The molecule has 0 aromatic heterocycles. The van der Waals surface area contributed by atoms with Gasteiger partial charge in [0.25, 0.3) is 5.91 Å². The topological polar surface area (TPSA) is 29.5 Å². The quantitative estimate of drug-likeness (QED) is 0.571. The van der Waals surface area contributed by atoms with Gasteiger partial charge < -0.3 is 9.64 Å². The Labute approximate surface area is 117 Å². The molecule has 0 spiro atoms. The zero-order valence-electron chi connectivity index (χ0n) is 11.0. The first kappa shape index (κ1) is 15.0. The summed E-state index contributed by atoms with van der Waals surface area (Å²) >= 11 is 3.40. The van der Waals surface area contributed by atoms with Crippen molar-refractivity contribution in [3.05, 3.63) is 29.8 Å². The van der Waals surface area contributed by atoms with Gasteiger partial charge in [-0.3, -0.25) is 4.79 Å². The fraction of sp³-hybridized carbons (Fsp3) is 0.500. The van der Waals surface area contributed by atoms with Crippen LogP contribution in [0.2, 0.25) is 0 Å². The molecule has 100 valence electrons. The average Bonchev–Trinajstić information content (AvgIpc) is 2.42. The van der Waals surface area contributed by atoms with E-state index in [0.717, 1.165) is 36.9 Å². The molecule has 1 rings (SSSR count). The van der Waals surface area contributed by atoms with Gasteiger partial charge >= 0.3 is 0 Å². The number of nitrogens with zero attached hydrogens (tertiary/aromatic N) is 1. The maximum atomic E-state index is 12.1. The normalized spacial score (nSPS) is 10.2. The minimum atomic E-state index is 0.0662. The molecule has 0 aliphatic carbocycles. The van der Waals surface area contributed by atoms with E-state index in [0.29, 0.717) is 5.56 Å². The van der Waals surface area contributed by atoms with E-state index >= 15 is 0 Å². The number of methoxy groups -OCH3 is 1. The van der Waals surface area contributed by atoms with Gasteiger partial charge in [0.15, 0.2) is 0 Å². The molecule has 0 aliphatic rings. The third-order valence-corrected chi connectivity index (χ3v) is 3.37. The fourth-order valence-electron chi connectivity index (χ4n) is 1.68. The summed E-state index contributed by atoms with van der Waals surface area (Å²) in [7, 11) is 3.47. The predicted molar refractivity (Wildman–Crippen MR) is 77.6 cm³/mol. The molecule has 1 aromatic rings. The van der Waals surface area contributed by atoms with E-state index in [4.69, 9.17) is 4.74 Å².